The minimum absolute atomic E-state index is 0.0629. The number of aromatic nitrogens is 4. The molecular weight excluding hydrogens is 525 g/mol. The van der Waals surface area contributed by atoms with Crippen molar-refractivity contribution in [1.29, 1.82) is 0 Å². The molecule has 1 atom stereocenters. The molecule has 0 unspecified atom stereocenters. The summed E-state index contributed by atoms with van der Waals surface area (Å²) in [6.45, 7) is 0.790. The average Bonchev–Trinajstić information content (AvgIpc) is 3.56. The smallest absolute Gasteiger partial charge is 0.308 e. The fraction of sp³-hybridized carbons (Fsp3) is 0.208. The molecule has 0 bridgehead atoms. The van der Waals surface area contributed by atoms with Gasteiger partial charge in [0.2, 0.25) is 5.91 Å². The minimum Gasteiger partial charge on any atom is -0.308 e. The molecule has 10 nitrogen and oxygen atoms in total. The molecule has 4 N–H and O–H groups in total. The number of amides is 3. The topological polar surface area (TPSA) is 126 Å². The molecule has 4 aromatic rings. The Balaban J connectivity index is 1.28. The standard InChI is InChI=1S/C24H20ClF3N8O2/c25-17-8-5-14(10-16(17)24(26,27)28)34-23(38)33-13-3-6-15(7-4-13)36-12-32-19-20(30-11-31-21(19)36)35-22(37)18-2-1-9-29-18/h3-8,10-12,18,29H,1-2,9H2,(H2,33,34,38)(H,30,31,35,37)/t18-/m0/s1. The predicted molar refractivity (Wildman–Crippen MR) is 135 cm³/mol. The van der Waals surface area contributed by atoms with E-state index in [9.17, 15) is 22.8 Å². The molecule has 1 saturated heterocycles. The molecule has 196 valence electrons. The summed E-state index contributed by atoms with van der Waals surface area (Å²) in [5, 5.41) is 10.4. The molecular formula is C24H20ClF3N8O2. The molecule has 1 aliphatic heterocycles. The van der Waals surface area contributed by atoms with Crippen LogP contribution in [0.3, 0.4) is 0 Å². The number of alkyl halides is 3. The molecule has 2 aromatic heterocycles. The Labute approximate surface area is 218 Å². The van der Waals surface area contributed by atoms with Gasteiger partial charge in [-0.25, -0.2) is 19.7 Å². The van der Waals surface area contributed by atoms with Crippen molar-refractivity contribution in [1.82, 2.24) is 24.8 Å². The van der Waals surface area contributed by atoms with E-state index >= 15 is 0 Å². The number of anilines is 3. The van der Waals surface area contributed by atoms with Gasteiger partial charge in [0.1, 0.15) is 12.7 Å². The van der Waals surface area contributed by atoms with Gasteiger partial charge in [-0.1, -0.05) is 11.6 Å². The molecule has 3 amide bonds. The van der Waals surface area contributed by atoms with Crippen LogP contribution in [0, 0.1) is 0 Å². The van der Waals surface area contributed by atoms with Gasteiger partial charge in [-0.05, 0) is 61.9 Å². The van der Waals surface area contributed by atoms with Crippen LogP contribution < -0.4 is 21.3 Å². The van der Waals surface area contributed by atoms with E-state index in [1.54, 1.807) is 28.8 Å². The predicted octanol–water partition coefficient (Wildman–Crippen LogP) is 4.82. The second kappa shape index (κ2) is 10.3. The highest BCUT2D eigenvalue weighted by atomic mass is 35.5. The number of urea groups is 1. The largest absolute Gasteiger partial charge is 0.417 e. The fourth-order valence-corrected chi connectivity index (χ4v) is 4.27. The van der Waals surface area contributed by atoms with E-state index in [0.29, 0.717) is 28.4 Å². The second-order valence-electron chi connectivity index (χ2n) is 8.47. The first-order valence-electron chi connectivity index (χ1n) is 11.5. The van der Waals surface area contributed by atoms with Gasteiger partial charge in [0.25, 0.3) is 0 Å². The minimum atomic E-state index is -4.65. The van der Waals surface area contributed by atoms with Gasteiger partial charge in [0.05, 0.1) is 16.6 Å². The molecule has 0 radical (unpaired) electrons. The highest BCUT2D eigenvalue weighted by Crippen LogP contribution is 2.36. The third-order valence-corrected chi connectivity index (χ3v) is 6.21. The lowest BCUT2D eigenvalue weighted by Crippen LogP contribution is -2.35. The number of fused-ring (bicyclic) bond motifs is 1. The second-order valence-corrected chi connectivity index (χ2v) is 8.87. The van der Waals surface area contributed by atoms with E-state index in [2.05, 4.69) is 36.2 Å². The maximum absolute atomic E-state index is 13.1. The summed E-state index contributed by atoms with van der Waals surface area (Å²) < 4.78 is 40.9. The normalized spacial score (nSPS) is 15.4. The monoisotopic (exact) mass is 544 g/mol. The van der Waals surface area contributed by atoms with Gasteiger partial charge in [-0.15, -0.1) is 0 Å². The quantitative estimate of drug-likeness (QED) is 0.285. The number of imidazole rings is 1. The van der Waals surface area contributed by atoms with Crippen LogP contribution in [0.15, 0.2) is 55.1 Å². The third kappa shape index (κ3) is 5.38. The lowest BCUT2D eigenvalue weighted by molar-refractivity contribution is -0.137. The Hall–Kier alpha value is -4.23. The molecule has 38 heavy (non-hydrogen) atoms. The summed E-state index contributed by atoms with van der Waals surface area (Å²) in [5.41, 5.74) is 0.840. The number of hydrogen-bond acceptors (Lipinski definition) is 6. The van der Waals surface area contributed by atoms with Crippen molar-refractivity contribution in [3.05, 3.63) is 65.7 Å². The first-order valence-corrected chi connectivity index (χ1v) is 11.8. The first-order chi connectivity index (χ1) is 18.2. The number of nitrogens with zero attached hydrogens (tertiary/aromatic N) is 4. The SMILES string of the molecule is O=C(Nc1ccc(-n2cnc3c(NC(=O)[C@@H]4CCCN4)ncnc32)cc1)Nc1ccc(Cl)c(C(F)(F)F)c1. The Bertz CT molecular complexity index is 1500. The van der Waals surface area contributed by atoms with E-state index in [1.807, 2.05) is 0 Å². The number of benzene rings is 2. The van der Waals surface area contributed by atoms with Crippen LogP contribution >= 0.6 is 11.6 Å². The Morgan fingerprint density at radius 1 is 1.00 bits per heavy atom. The Morgan fingerprint density at radius 2 is 1.74 bits per heavy atom. The highest BCUT2D eigenvalue weighted by molar-refractivity contribution is 6.31. The van der Waals surface area contributed by atoms with Crippen LogP contribution in [-0.2, 0) is 11.0 Å². The van der Waals surface area contributed by atoms with Gasteiger partial charge in [0, 0.05) is 17.1 Å². The van der Waals surface area contributed by atoms with E-state index in [0.717, 1.165) is 31.5 Å². The van der Waals surface area contributed by atoms with Gasteiger partial charge in [-0.3, -0.25) is 9.36 Å². The zero-order valence-electron chi connectivity index (χ0n) is 19.5. The van der Waals surface area contributed by atoms with Crippen LogP contribution in [-0.4, -0.2) is 44.0 Å². The molecule has 0 aliphatic carbocycles. The maximum atomic E-state index is 13.1. The van der Waals surface area contributed by atoms with Gasteiger partial charge in [0.15, 0.2) is 17.0 Å². The van der Waals surface area contributed by atoms with Gasteiger partial charge >= 0.3 is 12.2 Å². The summed E-state index contributed by atoms with van der Waals surface area (Å²) in [6.07, 6.45) is -0.0983. The molecule has 0 saturated carbocycles. The number of halogens is 4. The van der Waals surface area contributed by atoms with Gasteiger partial charge in [-0.2, -0.15) is 13.2 Å². The molecule has 0 spiro atoms. The molecule has 1 fully saturated rings. The summed E-state index contributed by atoms with van der Waals surface area (Å²) in [4.78, 5) is 37.6. The Morgan fingerprint density at radius 3 is 2.45 bits per heavy atom. The third-order valence-electron chi connectivity index (χ3n) is 5.88. The van der Waals surface area contributed by atoms with Crippen molar-refractivity contribution in [2.24, 2.45) is 0 Å². The van der Waals surface area contributed by atoms with Crippen molar-refractivity contribution in [2.75, 3.05) is 22.5 Å². The maximum Gasteiger partial charge on any atom is 0.417 e. The summed E-state index contributed by atoms with van der Waals surface area (Å²) >= 11 is 5.61. The van der Waals surface area contributed by atoms with Crippen molar-refractivity contribution < 1.29 is 22.8 Å². The number of hydrogen-bond donors (Lipinski definition) is 4. The molecule has 3 heterocycles. The average molecular weight is 545 g/mol. The molecule has 2 aromatic carbocycles. The van der Waals surface area contributed by atoms with Crippen LogP contribution in [0.4, 0.5) is 35.2 Å². The number of carbonyl (C=O) groups is 2. The van der Waals surface area contributed by atoms with Crippen molar-refractivity contribution in [3.8, 4) is 5.69 Å². The zero-order chi connectivity index (χ0) is 26.9. The Kier molecular flexibility index (Phi) is 6.87. The van der Waals surface area contributed by atoms with Crippen LogP contribution in [0.25, 0.3) is 16.9 Å². The van der Waals surface area contributed by atoms with Crippen molar-refractivity contribution >= 4 is 51.9 Å². The van der Waals surface area contributed by atoms with E-state index in [-0.39, 0.29) is 17.6 Å². The lowest BCUT2D eigenvalue weighted by atomic mass is 10.2. The van der Waals surface area contributed by atoms with Crippen LogP contribution in [0.5, 0.6) is 0 Å². The van der Waals surface area contributed by atoms with E-state index in [4.69, 9.17) is 11.6 Å². The number of nitrogens with one attached hydrogen (secondary N) is 4. The summed E-state index contributed by atoms with van der Waals surface area (Å²) in [6, 6.07) is 8.71. The van der Waals surface area contributed by atoms with Crippen molar-refractivity contribution in [2.45, 2.75) is 25.1 Å². The molecule has 5 rings (SSSR count). The zero-order valence-corrected chi connectivity index (χ0v) is 20.3. The molecule has 14 heteroatoms. The fourth-order valence-electron chi connectivity index (χ4n) is 4.05. The first kappa shape index (κ1) is 25.4. The van der Waals surface area contributed by atoms with E-state index < -0.39 is 22.8 Å². The summed E-state index contributed by atoms with van der Waals surface area (Å²) in [7, 11) is 0. The van der Waals surface area contributed by atoms with E-state index in [1.165, 1.54) is 18.7 Å². The molecule has 1 aliphatic rings. The summed E-state index contributed by atoms with van der Waals surface area (Å²) in [5.74, 6) is 0.122. The van der Waals surface area contributed by atoms with Gasteiger partial charge < -0.3 is 21.3 Å². The van der Waals surface area contributed by atoms with Crippen molar-refractivity contribution in [3.63, 3.8) is 0 Å². The lowest BCUT2D eigenvalue weighted by Gasteiger charge is -2.12. The van der Waals surface area contributed by atoms with Crippen LogP contribution in [0.1, 0.15) is 18.4 Å². The number of carbonyl (C=O) groups excluding carboxylic acids is 2. The van der Waals surface area contributed by atoms with Crippen LogP contribution in [0.2, 0.25) is 5.02 Å². The number of rotatable bonds is 5. The highest BCUT2D eigenvalue weighted by Gasteiger charge is 2.33.